The monoisotopic (exact) mass is 260 g/mol. The van der Waals surface area contributed by atoms with Crippen LogP contribution >= 0.6 is 0 Å². The molecule has 1 atom stereocenters. The number of hydrogen-bond donors (Lipinski definition) is 0. The lowest BCUT2D eigenvalue weighted by molar-refractivity contribution is -0.239. The van der Waals surface area contributed by atoms with Crippen molar-refractivity contribution < 1.29 is 35.2 Å². The van der Waals surface area contributed by atoms with E-state index in [1.807, 2.05) is 0 Å². The molecular formula is C9H3F7O. The average Bonchev–Trinajstić information content (AvgIpc) is 2.80. The van der Waals surface area contributed by atoms with Gasteiger partial charge in [-0.05, 0) is 6.07 Å². The summed E-state index contributed by atoms with van der Waals surface area (Å²) in [6.07, 6.45) is 0.983. The lowest BCUT2D eigenvalue weighted by atomic mass is 9.92. The molecule has 0 radical (unpaired) electrons. The summed E-state index contributed by atoms with van der Waals surface area (Å²) in [6.45, 7) is 0. The van der Waals surface area contributed by atoms with Gasteiger partial charge in [-0.2, -0.15) is 17.6 Å². The van der Waals surface area contributed by atoms with E-state index in [4.69, 9.17) is 0 Å². The Balaban J connectivity index is 2.71. The zero-order chi connectivity index (χ0) is 13.1. The Morgan fingerprint density at radius 1 is 0.941 bits per heavy atom. The lowest BCUT2D eigenvalue weighted by Crippen LogP contribution is -2.49. The second-order valence-corrected chi connectivity index (χ2v) is 3.45. The highest BCUT2D eigenvalue weighted by Gasteiger charge is 2.81. The Morgan fingerprint density at radius 3 is 1.88 bits per heavy atom. The van der Waals surface area contributed by atoms with Crippen molar-refractivity contribution in [1.82, 2.24) is 0 Å². The summed E-state index contributed by atoms with van der Waals surface area (Å²) < 4.78 is 95.6. The van der Waals surface area contributed by atoms with Crippen LogP contribution in [0.25, 0.3) is 0 Å². The Kier molecular flexibility index (Phi) is 2.15. The first-order valence-electron chi connectivity index (χ1n) is 4.20. The smallest absolute Gasteiger partial charge is 0.367 e. The molecule has 1 aliphatic rings. The van der Waals surface area contributed by atoms with E-state index in [1.54, 1.807) is 0 Å². The molecule has 1 aromatic heterocycles. The molecule has 0 bridgehead atoms. The Morgan fingerprint density at radius 2 is 1.53 bits per heavy atom. The van der Waals surface area contributed by atoms with Crippen molar-refractivity contribution >= 4 is 0 Å². The summed E-state index contributed by atoms with van der Waals surface area (Å²) in [4.78, 5) is 0. The number of furan rings is 1. The third kappa shape index (κ3) is 1.10. The molecule has 2 rings (SSSR count). The van der Waals surface area contributed by atoms with Crippen molar-refractivity contribution in [3.63, 3.8) is 0 Å². The predicted octanol–water partition coefficient (Wildman–Crippen LogP) is 3.88. The number of allylic oxidation sites excluding steroid dienone is 2. The molecular weight excluding hydrogens is 257 g/mol. The quantitative estimate of drug-likeness (QED) is 0.698. The summed E-state index contributed by atoms with van der Waals surface area (Å²) in [6, 6.07) is 0.516. The fourth-order valence-corrected chi connectivity index (χ4v) is 1.55. The van der Waals surface area contributed by atoms with Gasteiger partial charge in [0.05, 0.1) is 12.5 Å². The van der Waals surface area contributed by atoms with Crippen LogP contribution in [0.15, 0.2) is 34.7 Å². The minimum Gasteiger partial charge on any atom is -0.472 e. The maximum absolute atomic E-state index is 13.8. The highest BCUT2D eigenvalue weighted by Crippen LogP contribution is 2.63. The van der Waals surface area contributed by atoms with Crippen LogP contribution < -0.4 is 0 Å². The van der Waals surface area contributed by atoms with Crippen molar-refractivity contribution in [2.75, 3.05) is 0 Å². The third-order valence-electron chi connectivity index (χ3n) is 2.52. The van der Waals surface area contributed by atoms with E-state index in [0.717, 1.165) is 0 Å². The minimum absolute atomic E-state index is 0.308. The minimum atomic E-state index is -5.57. The maximum atomic E-state index is 13.8. The van der Waals surface area contributed by atoms with Gasteiger partial charge < -0.3 is 4.42 Å². The largest absolute Gasteiger partial charge is 0.472 e. The van der Waals surface area contributed by atoms with Crippen molar-refractivity contribution in [2.24, 2.45) is 0 Å². The molecule has 8 heteroatoms. The fourth-order valence-electron chi connectivity index (χ4n) is 1.55. The van der Waals surface area contributed by atoms with Gasteiger partial charge in [-0.1, -0.05) is 0 Å². The molecule has 0 saturated carbocycles. The highest BCUT2D eigenvalue weighted by atomic mass is 19.3. The van der Waals surface area contributed by atoms with E-state index < -0.39 is 34.7 Å². The van der Waals surface area contributed by atoms with Crippen LogP contribution in [0, 0.1) is 0 Å². The molecule has 0 fully saturated rings. The zero-order valence-corrected chi connectivity index (χ0v) is 7.79. The molecule has 1 aromatic rings. The van der Waals surface area contributed by atoms with E-state index in [2.05, 4.69) is 4.42 Å². The summed E-state index contributed by atoms with van der Waals surface area (Å²) in [7, 11) is 0. The van der Waals surface area contributed by atoms with Gasteiger partial charge in [-0.3, -0.25) is 0 Å². The van der Waals surface area contributed by atoms with Crippen LogP contribution in [0.1, 0.15) is 5.56 Å². The van der Waals surface area contributed by atoms with E-state index in [0.29, 0.717) is 18.6 Å². The van der Waals surface area contributed by atoms with E-state index >= 15 is 0 Å². The van der Waals surface area contributed by atoms with Crippen molar-refractivity contribution in [3.8, 4) is 0 Å². The number of alkyl halides is 5. The van der Waals surface area contributed by atoms with Gasteiger partial charge in [0.1, 0.15) is 0 Å². The number of halogens is 7. The van der Waals surface area contributed by atoms with Gasteiger partial charge in [-0.25, -0.2) is 13.2 Å². The Bertz CT molecular complexity index is 476. The second kappa shape index (κ2) is 3.05. The van der Waals surface area contributed by atoms with Crippen LogP contribution in [-0.2, 0) is 5.67 Å². The molecule has 1 aliphatic carbocycles. The molecule has 0 N–H and O–H groups in total. The first-order valence-corrected chi connectivity index (χ1v) is 4.20. The highest BCUT2D eigenvalue weighted by molar-refractivity contribution is 5.42. The summed E-state index contributed by atoms with van der Waals surface area (Å²) in [5.74, 6) is -17.1. The van der Waals surface area contributed by atoms with Gasteiger partial charge in [0.25, 0.3) is 5.67 Å². The molecule has 1 nitrogen and oxygen atoms in total. The van der Waals surface area contributed by atoms with Crippen LogP contribution in [0.3, 0.4) is 0 Å². The first kappa shape index (κ1) is 12.0. The summed E-state index contributed by atoms with van der Waals surface area (Å²) >= 11 is 0. The molecule has 17 heavy (non-hydrogen) atoms. The Hall–Kier alpha value is -1.47. The lowest BCUT2D eigenvalue weighted by Gasteiger charge is -2.28. The molecule has 0 saturated heterocycles. The van der Waals surface area contributed by atoms with Crippen LogP contribution in [-0.4, -0.2) is 11.8 Å². The standard InChI is InChI=1S/C9H3F7O/c10-5-6(11)8(13,14)9(15,16)7(5,12)4-1-2-17-3-4/h1-3H. The SMILES string of the molecule is FC1=C(F)C(F)(c2ccoc2)C(F)(F)C1(F)F. The van der Waals surface area contributed by atoms with Gasteiger partial charge in [0, 0.05) is 5.56 Å². The first-order chi connectivity index (χ1) is 7.67. The molecule has 1 heterocycles. The van der Waals surface area contributed by atoms with E-state index in [-0.39, 0.29) is 0 Å². The Labute approximate surface area is 89.5 Å². The van der Waals surface area contributed by atoms with E-state index in [1.165, 1.54) is 0 Å². The number of hydrogen-bond acceptors (Lipinski definition) is 1. The van der Waals surface area contributed by atoms with Gasteiger partial charge in [0.15, 0.2) is 5.83 Å². The third-order valence-corrected chi connectivity index (χ3v) is 2.52. The molecule has 0 aromatic carbocycles. The van der Waals surface area contributed by atoms with Crippen LogP contribution in [0.2, 0.25) is 0 Å². The van der Waals surface area contributed by atoms with E-state index in [9.17, 15) is 30.7 Å². The van der Waals surface area contributed by atoms with Gasteiger partial charge >= 0.3 is 11.8 Å². The van der Waals surface area contributed by atoms with Crippen molar-refractivity contribution in [2.45, 2.75) is 17.5 Å². The molecule has 0 spiro atoms. The molecule has 0 aliphatic heterocycles. The predicted molar refractivity (Wildman–Crippen MR) is 40.6 cm³/mol. The summed E-state index contributed by atoms with van der Waals surface area (Å²) in [5.41, 5.74) is -5.78. The summed E-state index contributed by atoms with van der Waals surface area (Å²) in [5, 5.41) is 0. The molecule has 94 valence electrons. The normalized spacial score (nSPS) is 31.0. The average molecular weight is 260 g/mol. The second-order valence-electron chi connectivity index (χ2n) is 3.45. The molecule has 1 unspecified atom stereocenters. The topological polar surface area (TPSA) is 13.1 Å². The van der Waals surface area contributed by atoms with Crippen molar-refractivity contribution in [3.05, 3.63) is 35.8 Å². The number of rotatable bonds is 1. The van der Waals surface area contributed by atoms with Crippen LogP contribution in [0.4, 0.5) is 30.7 Å². The van der Waals surface area contributed by atoms with Gasteiger partial charge in [-0.15, -0.1) is 0 Å². The molecule has 0 amide bonds. The van der Waals surface area contributed by atoms with Crippen molar-refractivity contribution in [1.29, 1.82) is 0 Å². The van der Waals surface area contributed by atoms with Crippen LogP contribution in [0.5, 0.6) is 0 Å². The zero-order valence-electron chi connectivity index (χ0n) is 7.79. The maximum Gasteiger partial charge on any atom is 0.367 e. The fraction of sp³-hybridized carbons (Fsp3) is 0.333. The van der Waals surface area contributed by atoms with Gasteiger partial charge in [0.2, 0.25) is 5.83 Å².